The number of anilines is 1. The lowest BCUT2D eigenvalue weighted by Gasteiger charge is -2.22. The van der Waals surface area contributed by atoms with Crippen molar-refractivity contribution in [1.29, 1.82) is 0 Å². The standard InChI is InChI=1S/C19H23BrN2O3S2/c1-15-5-3-6-16(11-15)14-26-10-9-21-19(23)13-22(27(2,24)25)18-8-4-7-17(20)12-18/h3-8,11-12H,9-10,13-14H2,1-2H3,(H,21,23). The molecule has 0 unspecified atom stereocenters. The van der Waals surface area contributed by atoms with E-state index in [4.69, 9.17) is 0 Å². The van der Waals surface area contributed by atoms with E-state index in [2.05, 4.69) is 46.4 Å². The van der Waals surface area contributed by atoms with Crippen molar-refractivity contribution in [1.82, 2.24) is 5.32 Å². The van der Waals surface area contributed by atoms with Crippen LogP contribution in [-0.4, -0.2) is 39.4 Å². The molecule has 2 aromatic carbocycles. The molecule has 0 fully saturated rings. The van der Waals surface area contributed by atoms with Crippen LogP contribution in [0.1, 0.15) is 11.1 Å². The number of nitrogens with zero attached hydrogens (tertiary/aromatic N) is 1. The minimum absolute atomic E-state index is 0.238. The first-order valence-corrected chi connectivity index (χ1v) is 12.2. The predicted octanol–water partition coefficient (Wildman–Crippen LogP) is 3.57. The SMILES string of the molecule is Cc1cccc(CSCCNC(=O)CN(c2cccc(Br)c2)S(C)(=O)=O)c1. The number of thioether (sulfide) groups is 1. The molecule has 0 saturated heterocycles. The molecule has 1 N–H and O–H groups in total. The highest BCUT2D eigenvalue weighted by molar-refractivity contribution is 9.10. The summed E-state index contributed by atoms with van der Waals surface area (Å²) in [6.07, 6.45) is 1.10. The molecule has 5 nitrogen and oxygen atoms in total. The molecule has 2 rings (SSSR count). The number of rotatable bonds is 9. The van der Waals surface area contributed by atoms with E-state index in [-0.39, 0.29) is 12.5 Å². The summed E-state index contributed by atoms with van der Waals surface area (Å²) in [6, 6.07) is 15.2. The molecule has 27 heavy (non-hydrogen) atoms. The Morgan fingerprint density at radius 3 is 2.59 bits per heavy atom. The van der Waals surface area contributed by atoms with Crippen molar-refractivity contribution in [3.63, 3.8) is 0 Å². The fourth-order valence-corrected chi connectivity index (χ4v) is 4.51. The number of halogens is 1. The predicted molar refractivity (Wildman–Crippen MR) is 117 cm³/mol. The first-order valence-electron chi connectivity index (χ1n) is 8.39. The minimum Gasteiger partial charge on any atom is -0.354 e. The summed E-state index contributed by atoms with van der Waals surface area (Å²) in [5.41, 5.74) is 2.94. The zero-order chi connectivity index (χ0) is 19.9. The number of sulfonamides is 1. The Labute approximate surface area is 173 Å². The third-order valence-electron chi connectivity index (χ3n) is 3.70. The molecular weight excluding hydrogens is 448 g/mol. The lowest BCUT2D eigenvalue weighted by atomic mass is 10.2. The van der Waals surface area contributed by atoms with E-state index in [1.807, 2.05) is 6.07 Å². The number of benzene rings is 2. The Bertz CT molecular complexity index is 888. The maximum atomic E-state index is 12.2. The third kappa shape index (κ3) is 7.56. The number of amides is 1. The van der Waals surface area contributed by atoms with E-state index in [0.29, 0.717) is 12.2 Å². The summed E-state index contributed by atoms with van der Waals surface area (Å²) >= 11 is 5.05. The quantitative estimate of drug-likeness (QED) is 0.568. The van der Waals surface area contributed by atoms with Gasteiger partial charge in [0.15, 0.2) is 0 Å². The molecule has 0 heterocycles. The van der Waals surface area contributed by atoms with Crippen LogP contribution in [0.3, 0.4) is 0 Å². The van der Waals surface area contributed by atoms with Crippen molar-refractivity contribution in [3.05, 3.63) is 64.1 Å². The van der Waals surface area contributed by atoms with E-state index in [1.54, 1.807) is 36.0 Å². The first-order chi connectivity index (χ1) is 12.8. The van der Waals surface area contributed by atoms with Crippen molar-refractivity contribution >= 4 is 49.3 Å². The minimum atomic E-state index is -3.56. The van der Waals surface area contributed by atoms with Crippen LogP contribution in [0, 0.1) is 6.92 Å². The maximum absolute atomic E-state index is 12.2. The Balaban J connectivity index is 1.82. The van der Waals surface area contributed by atoms with Crippen LogP contribution in [0.15, 0.2) is 53.0 Å². The van der Waals surface area contributed by atoms with E-state index in [0.717, 1.165) is 26.5 Å². The number of carbonyl (C=O) groups excluding carboxylic acids is 1. The van der Waals surface area contributed by atoms with Gasteiger partial charge in [0.1, 0.15) is 6.54 Å². The molecule has 0 aliphatic carbocycles. The summed E-state index contributed by atoms with van der Waals surface area (Å²) in [5, 5.41) is 2.79. The number of aryl methyl sites for hydroxylation is 1. The van der Waals surface area contributed by atoms with Crippen LogP contribution in [0.25, 0.3) is 0 Å². The van der Waals surface area contributed by atoms with Gasteiger partial charge in [-0.2, -0.15) is 11.8 Å². The molecular formula is C19H23BrN2O3S2. The zero-order valence-corrected chi connectivity index (χ0v) is 18.5. The Hall–Kier alpha value is -1.51. The highest BCUT2D eigenvalue weighted by Gasteiger charge is 2.20. The Morgan fingerprint density at radius 1 is 1.19 bits per heavy atom. The van der Waals surface area contributed by atoms with E-state index in [1.165, 1.54) is 11.1 Å². The monoisotopic (exact) mass is 470 g/mol. The number of nitrogens with one attached hydrogen (secondary N) is 1. The maximum Gasteiger partial charge on any atom is 0.240 e. The van der Waals surface area contributed by atoms with Gasteiger partial charge in [-0.25, -0.2) is 8.42 Å². The highest BCUT2D eigenvalue weighted by atomic mass is 79.9. The topological polar surface area (TPSA) is 66.5 Å². The number of hydrogen-bond donors (Lipinski definition) is 1. The molecule has 8 heteroatoms. The first kappa shape index (κ1) is 21.8. The average molecular weight is 471 g/mol. The van der Waals surface area contributed by atoms with Crippen LogP contribution in [0.2, 0.25) is 0 Å². The zero-order valence-electron chi connectivity index (χ0n) is 15.3. The van der Waals surface area contributed by atoms with E-state index in [9.17, 15) is 13.2 Å². The van der Waals surface area contributed by atoms with Crippen LogP contribution in [0.5, 0.6) is 0 Å². The van der Waals surface area contributed by atoms with E-state index >= 15 is 0 Å². The van der Waals surface area contributed by atoms with Gasteiger partial charge in [-0.3, -0.25) is 9.10 Å². The van der Waals surface area contributed by atoms with Crippen molar-refractivity contribution in [3.8, 4) is 0 Å². The molecule has 0 radical (unpaired) electrons. The Morgan fingerprint density at radius 2 is 1.93 bits per heavy atom. The molecule has 0 atom stereocenters. The van der Waals surface area contributed by atoms with Crippen LogP contribution in [-0.2, 0) is 20.6 Å². The molecule has 0 aliphatic heterocycles. The summed E-state index contributed by atoms with van der Waals surface area (Å²) in [6.45, 7) is 2.32. The third-order valence-corrected chi connectivity index (χ3v) is 6.37. The van der Waals surface area contributed by atoms with Crippen molar-refractivity contribution in [2.24, 2.45) is 0 Å². The molecule has 1 amide bonds. The van der Waals surface area contributed by atoms with Gasteiger partial charge in [0.2, 0.25) is 15.9 Å². The van der Waals surface area contributed by atoms with Crippen LogP contribution >= 0.6 is 27.7 Å². The van der Waals surface area contributed by atoms with Crippen LogP contribution in [0.4, 0.5) is 5.69 Å². The molecule has 0 aliphatic rings. The van der Waals surface area contributed by atoms with Gasteiger partial charge < -0.3 is 5.32 Å². The molecule has 0 spiro atoms. The highest BCUT2D eigenvalue weighted by Crippen LogP contribution is 2.21. The summed E-state index contributed by atoms with van der Waals surface area (Å²) in [7, 11) is -3.56. The van der Waals surface area contributed by atoms with Crippen molar-refractivity contribution in [2.45, 2.75) is 12.7 Å². The normalized spacial score (nSPS) is 11.2. The van der Waals surface area contributed by atoms with Crippen LogP contribution < -0.4 is 9.62 Å². The smallest absolute Gasteiger partial charge is 0.240 e. The van der Waals surface area contributed by atoms with E-state index < -0.39 is 10.0 Å². The molecule has 0 aromatic heterocycles. The lowest BCUT2D eigenvalue weighted by Crippen LogP contribution is -2.41. The summed E-state index contributed by atoms with van der Waals surface area (Å²) < 4.78 is 26.0. The van der Waals surface area contributed by atoms with Gasteiger partial charge in [0.25, 0.3) is 0 Å². The van der Waals surface area contributed by atoms with Gasteiger partial charge in [-0.15, -0.1) is 0 Å². The summed E-state index contributed by atoms with van der Waals surface area (Å²) in [4.78, 5) is 12.2. The number of carbonyl (C=O) groups is 1. The van der Waals surface area contributed by atoms with Crippen molar-refractivity contribution < 1.29 is 13.2 Å². The number of hydrogen-bond acceptors (Lipinski definition) is 4. The average Bonchev–Trinajstić information content (AvgIpc) is 2.58. The molecule has 0 bridgehead atoms. The fraction of sp³-hybridized carbons (Fsp3) is 0.316. The lowest BCUT2D eigenvalue weighted by molar-refractivity contribution is -0.119. The van der Waals surface area contributed by atoms with Crippen molar-refractivity contribution in [2.75, 3.05) is 29.4 Å². The Kier molecular flexibility index (Phi) is 8.19. The second-order valence-electron chi connectivity index (χ2n) is 6.14. The largest absolute Gasteiger partial charge is 0.354 e. The van der Waals surface area contributed by atoms with Gasteiger partial charge in [0, 0.05) is 22.5 Å². The van der Waals surface area contributed by atoms with Gasteiger partial charge in [0.05, 0.1) is 11.9 Å². The second kappa shape index (κ2) is 10.1. The summed E-state index contributed by atoms with van der Waals surface area (Å²) in [5.74, 6) is 1.32. The fourth-order valence-electron chi connectivity index (χ4n) is 2.47. The molecule has 2 aromatic rings. The van der Waals surface area contributed by atoms with Gasteiger partial charge >= 0.3 is 0 Å². The van der Waals surface area contributed by atoms with Gasteiger partial charge in [-0.1, -0.05) is 51.8 Å². The molecule has 146 valence electrons. The van der Waals surface area contributed by atoms with Gasteiger partial charge in [-0.05, 0) is 30.7 Å². The second-order valence-corrected chi connectivity index (χ2v) is 10.1. The molecule has 0 saturated carbocycles.